The summed E-state index contributed by atoms with van der Waals surface area (Å²) in [6, 6.07) is 5.61. The number of esters is 1. The molecule has 0 fully saturated rings. The molecule has 3 aromatic heterocycles. The van der Waals surface area contributed by atoms with Gasteiger partial charge in [0, 0.05) is 12.6 Å². The molecule has 7 heteroatoms. The van der Waals surface area contributed by atoms with Crippen molar-refractivity contribution in [3.05, 3.63) is 41.5 Å². The molecule has 0 saturated heterocycles. The third-order valence-electron chi connectivity index (χ3n) is 3.47. The second-order valence-corrected chi connectivity index (χ2v) is 5.44. The Hall–Kier alpha value is -2.96. The number of aryl methyl sites for hydroxylation is 2. The van der Waals surface area contributed by atoms with E-state index < -0.39 is 0 Å². The Kier molecular flexibility index (Phi) is 4.41. The fourth-order valence-electron chi connectivity index (χ4n) is 2.50. The molecule has 0 bridgehead atoms. The Morgan fingerprint density at radius 1 is 1.46 bits per heavy atom. The van der Waals surface area contributed by atoms with E-state index in [2.05, 4.69) is 15.1 Å². The number of ether oxygens (including phenoxy) is 1. The van der Waals surface area contributed by atoms with Gasteiger partial charge >= 0.3 is 5.97 Å². The fourth-order valence-corrected chi connectivity index (χ4v) is 2.50. The maximum absolute atomic E-state index is 10.9. The van der Waals surface area contributed by atoms with Gasteiger partial charge in [-0.15, -0.1) is 0 Å². The lowest BCUT2D eigenvalue weighted by Crippen LogP contribution is -2.10. The van der Waals surface area contributed by atoms with Gasteiger partial charge in [-0.25, -0.2) is 14.7 Å². The van der Waals surface area contributed by atoms with Gasteiger partial charge in [-0.2, -0.15) is 5.10 Å². The van der Waals surface area contributed by atoms with Crippen molar-refractivity contribution in [1.82, 2.24) is 14.8 Å². The van der Waals surface area contributed by atoms with Crippen LogP contribution in [0.25, 0.3) is 11.0 Å². The molecule has 7 nitrogen and oxygen atoms in total. The van der Waals surface area contributed by atoms with Gasteiger partial charge in [0.1, 0.15) is 12.4 Å². The number of aromatic nitrogens is 3. The number of rotatable bonds is 5. The number of nitrogens with zero attached hydrogens (tertiary/aromatic N) is 4. The largest absolute Gasteiger partial charge is 0.464 e. The zero-order valence-corrected chi connectivity index (χ0v) is 13.8. The second-order valence-electron chi connectivity index (χ2n) is 5.44. The first-order valence-corrected chi connectivity index (χ1v) is 7.60. The number of aliphatic imine (C=N–C) groups is 1. The first-order chi connectivity index (χ1) is 11.5. The highest BCUT2D eigenvalue weighted by Crippen LogP contribution is 2.28. The van der Waals surface area contributed by atoms with E-state index in [4.69, 9.17) is 9.15 Å². The van der Waals surface area contributed by atoms with Crippen LogP contribution >= 0.6 is 0 Å². The predicted molar refractivity (Wildman–Crippen MR) is 89.6 cm³/mol. The lowest BCUT2D eigenvalue weighted by molar-refractivity contribution is -0.141. The van der Waals surface area contributed by atoms with Crippen molar-refractivity contribution < 1.29 is 13.9 Å². The number of pyridine rings is 1. The third-order valence-corrected chi connectivity index (χ3v) is 3.47. The van der Waals surface area contributed by atoms with Crippen molar-refractivity contribution >= 4 is 29.0 Å². The van der Waals surface area contributed by atoms with Gasteiger partial charge in [-0.1, -0.05) is 0 Å². The minimum atomic E-state index is -0.317. The summed E-state index contributed by atoms with van der Waals surface area (Å²) < 4.78 is 12.0. The number of carbonyl (C=O) groups is 1. The van der Waals surface area contributed by atoms with Crippen LogP contribution in [0, 0.1) is 13.8 Å². The molecule has 24 heavy (non-hydrogen) atoms. The predicted octanol–water partition coefficient (Wildman–Crippen LogP) is 2.95. The molecular formula is C17H18N4O3. The lowest BCUT2D eigenvalue weighted by Gasteiger charge is -2.04. The van der Waals surface area contributed by atoms with E-state index in [1.54, 1.807) is 23.2 Å². The van der Waals surface area contributed by atoms with E-state index in [0.29, 0.717) is 18.1 Å². The van der Waals surface area contributed by atoms with Crippen molar-refractivity contribution in [1.29, 1.82) is 0 Å². The highest BCUT2D eigenvalue weighted by Gasteiger charge is 2.14. The van der Waals surface area contributed by atoms with Crippen LogP contribution in [0.4, 0.5) is 5.82 Å². The van der Waals surface area contributed by atoms with E-state index in [-0.39, 0.29) is 12.6 Å². The second kappa shape index (κ2) is 6.66. The summed E-state index contributed by atoms with van der Waals surface area (Å²) >= 11 is 0. The summed E-state index contributed by atoms with van der Waals surface area (Å²) in [7, 11) is 0. The first kappa shape index (κ1) is 15.9. The zero-order chi connectivity index (χ0) is 17.1. The van der Waals surface area contributed by atoms with Gasteiger partial charge in [0.25, 0.3) is 0 Å². The van der Waals surface area contributed by atoms with Gasteiger partial charge in [0.2, 0.25) is 0 Å². The van der Waals surface area contributed by atoms with Crippen molar-refractivity contribution in [2.75, 3.05) is 6.61 Å². The Bertz CT molecular complexity index is 894. The number of carbonyl (C=O) groups excluding carboxylic acids is 1. The van der Waals surface area contributed by atoms with Crippen LogP contribution in [0.3, 0.4) is 0 Å². The molecule has 0 radical (unpaired) electrons. The minimum Gasteiger partial charge on any atom is -0.464 e. The van der Waals surface area contributed by atoms with Gasteiger partial charge in [0.05, 0.1) is 24.4 Å². The molecule has 0 saturated carbocycles. The van der Waals surface area contributed by atoms with E-state index >= 15 is 0 Å². The average Bonchev–Trinajstić information content (AvgIpc) is 3.13. The van der Waals surface area contributed by atoms with Gasteiger partial charge in [-0.05, 0) is 37.6 Å². The van der Waals surface area contributed by atoms with Crippen LogP contribution < -0.4 is 0 Å². The SMILES string of the molecule is CC(=O)OCCn1nc(N=Cc2ccco2)c2c(C)cc(C)nc21. The lowest BCUT2D eigenvalue weighted by atomic mass is 10.2. The highest BCUT2D eigenvalue weighted by molar-refractivity contribution is 5.92. The smallest absolute Gasteiger partial charge is 0.302 e. The fraction of sp³-hybridized carbons (Fsp3) is 0.294. The van der Waals surface area contributed by atoms with Crippen molar-refractivity contribution in [3.8, 4) is 0 Å². The molecule has 0 amide bonds. The molecule has 3 aromatic rings. The Morgan fingerprint density at radius 2 is 2.29 bits per heavy atom. The summed E-state index contributed by atoms with van der Waals surface area (Å²) in [6.07, 6.45) is 3.21. The van der Waals surface area contributed by atoms with Crippen molar-refractivity contribution in [2.45, 2.75) is 27.3 Å². The number of fused-ring (bicyclic) bond motifs is 1. The average molecular weight is 326 g/mol. The molecule has 0 spiro atoms. The maximum Gasteiger partial charge on any atom is 0.302 e. The molecule has 3 heterocycles. The monoisotopic (exact) mass is 326 g/mol. The van der Waals surface area contributed by atoms with Crippen LogP contribution in [-0.4, -0.2) is 33.6 Å². The van der Waals surface area contributed by atoms with Gasteiger partial charge in [0.15, 0.2) is 11.5 Å². The highest BCUT2D eigenvalue weighted by atomic mass is 16.5. The van der Waals surface area contributed by atoms with E-state index in [1.165, 1.54) is 6.92 Å². The third kappa shape index (κ3) is 3.34. The normalized spacial score (nSPS) is 11.5. The van der Waals surface area contributed by atoms with Crippen molar-refractivity contribution in [2.24, 2.45) is 4.99 Å². The van der Waals surface area contributed by atoms with Gasteiger partial charge < -0.3 is 9.15 Å². The summed E-state index contributed by atoms with van der Waals surface area (Å²) in [4.78, 5) is 19.9. The topological polar surface area (TPSA) is 82.5 Å². The molecule has 3 rings (SSSR count). The van der Waals surface area contributed by atoms with E-state index in [0.717, 1.165) is 22.3 Å². The van der Waals surface area contributed by atoms with Crippen LogP contribution in [0.2, 0.25) is 0 Å². The van der Waals surface area contributed by atoms with Crippen LogP contribution in [0.1, 0.15) is 23.9 Å². The molecule has 0 aromatic carbocycles. The summed E-state index contributed by atoms with van der Waals surface area (Å²) in [6.45, 7) is 5.97. The van der Waals surface area contributed by atoms with E-state index in [9.17, 15) is 4.79 Å². The number of hydrogen-bond acceptors (Lipinski definition) is 6. The number of furan rings is 1. The van der Waals surface area contributed by atoms with Crippen LogP contribution in [-0.2, 0) is 16.1 Å². The molecule has 0 aliphatic heterocycles. The van der Waals surface area contributed by atoms with Gasteiger partial charge in [-0.3, -0.25) is 4.79 Å². The van der Waals surface area contributed by atoms with Crippen LogP contribution in [0.5, 0.6) is 0 Å². The standard InChI is InChI=1S/C17H18N4O3/c1-11-9-12(2)19-17-15(11)16(18-10-14-5-4-7-24-14)20-21(17)6-8-23-13(3)22/h4-5,7,9-10H,6,8H2,1-3H3. The molecular weight excluding hydrogens is 308 g/mol. The van der Waals surface area contributed by atoms with E-state index in [1.807, 2.05) is 26.0 Å². The number of hydrogen-bond donors (Lipinski definition) is 0. The Morgan fingerprint density at radius 3 is 3.00 bits per heavy atom. The molecule has 0 N–H and O–H groups in total. The maximum atomic E-state index is 10.9. The zero-order valence-electron chi connectivity index (χ0n) is 13.8. The quantitative estimate of drug-likeness (QED) is 0.532. The first-order valence-electron chi connectivity index (χ1n) is 7.60. The minimum absolute atomic E-state index is 0.238. The summed E-state index contributed by atoms with van der Waals surface area (Å²) in [5.41, 5.74) is 2.67. The molecule has 0 aliphatic rings. The van der Waals surface area contributed by atoms with Crippen molar-refractivity contribution in [3.63, 3.8) is 0 Å². The summed E-state index contributed by atoms with van der Waals surface area (Å²) in [5, 5.41) is 5.39. The molecule has 0 aliphatic carbocycles. The Labute approximate surface area is 139 Å². The molecule has 0 unspecified atom stereocenters. The Balaban J connectivity index is 2.00. The summed E-state index contributed by atoms with van der Waals surface area (Å²) in [5.74, 6) is 0.896. The molecule has 0 atom stereocenters. The van der Waals surface area contributed by atoms with Crippen LogP contribution in [0.15, 0.2) is 33.9 Å². The molecule has 124 valence electrons.